The SMILES string of the molecule is CCNC(=NCc1cccnc1N(C)C)NC1CC2(CCCC2)Oc2ccccc21. The number of benzene rings is 1. The highest BCUT2D eigenvalue weighted by Crippen LogP contribution is 2.46. The average molecular weight is 408 g/mol. The van der Waals surface area contributed by atoms with Crippen molar-refractivity contribution in [3.05, 3.63) is 53.7 Å². The van der Waals surface area contributed by atoms with Crippen molar-refractivity contribution in [3.8, 4) is 5.75 Å². The number of pyridine rings is 1. The monoisotopic (exact) mass is 407 g/mol. The van der Waals surface area contributed by atoms with Crippen LogP contribution in [0.25, 0.3) is 0 Å². The molecular weight excluding hydrogens is 374 g/mol. The van der Waals surface area contributed by atoms with Crippen molar-refractivity contribution in [3.63, 3.8) is 0 Å². The zero-order valence-corrected chi connectivity index (χ0v) is 18.3. The molecule has 1 spiro atoms. The number of aliphatic imine (C=N–C) groups is 1. The lowest BCUT2D eigenvalue weighted by molar-refractivity contribution is 0.0396. The van der Waals surface area contributed by atoms with E-state index in [-0.39, 0.29) is 11.6 Å². The van der Waals surface area contributed by atoms with E-state index in [4.69, 9.17) is 9.73 Å². The molecule has 2 N–H and O–H groups in total. The van der Waals surface area contributed by atoms with E-state index in [1.54, 1.807) is 0 Å². The van der Waals surface area contributed by atoms with Gasteiger partial charge in [-0.05, 0) is 44.7 Å². The van der Waals surface area contributed by atoms with Gasteiger partial charge in [-0.2, -0.15) is 0 Å². The van der Waals surface area contributed by atoms with Gasteiger partial charge in [0.2, 0.25) is 0 Å². The summed E-state index contributed by atoms with van der Waals surface area (Å²) in [5.74, 6) is 2.81. The zero-order chi connectivity index (χ0) is 21.0. The molecule has 1 aromatic heterocycles. The number of guanidine groups is 1. The van der Waals surface area contributed by atoms with Crippen LogP contribution in [0.1, 0.15) is 56.2 Å². The van der Waals surface area contributed by atoms with E-state index in [2.05, 4.69) is 52.9 Å². The van der Waals surface area contributed by atoms with E-state index in [9.17, 15) is 0 Å². The predicted octanol–water partition coefficient (Wildman–Crippen LogP) is 4.04. The number of anilines is 1. The summed E-state index contributed by atoms with van der Waals surface area (Å²) in [6, 6.07) is 12.7. The molecule has 0 radical (unpaired) electrons. The lowest BCUT2D eigenvalue weighted by Gasteiger charge is -2.40. The van der Waals surface area contributed by atoms with Crippen LogP contribution >= 0.6 is 0 Å². The Hall–Kier alpha value is -2.76. The molecule has 2 heterocycles. The molecule has 1 aromatic carbocycles. The number of para-hydroxylation sites is 1. The summed E-state index contributed by atoms with van der Waals surface area (Å²) in [4.78, 5) is 11.4. The maximum absolute atomic E-state index is 6.51. The van der Waals surface area contributed by atoms with Gasteiger partial charge in [0.15, 0.2) is 5.96 Å². The van der Waals surface area contributed by atoms with Gasteiger partial charge in [-0.1, -0.05) is 24.3 Å². The summed E-state index contributed by atoms with van der Waals surface area (Å²) in [5, 5.41) is 7.13. The largest absolute Gasteiger partial charge is 0.487 e. The maximum atomic E-state index is 6.51. The third-order valence-corrected chi connectivity index (χ3v) is 6.07. The van der Waals surface area contributed by atoms with Crippen LogP contribution in [0.5, 0.6) is 5.75 Å². The summed E-state index contributed by atoms with van der Waals surface area (Å²) in [6.07, 6.45) is 7.56. The number of hydrogen-bond acceptors (Lipinski definition) is 4. The van der Waals surface area contributed by atoms with Crippen molar-refractivity contribution < 1.29 is 4.74 Å². The first-order valence-electron chi connectivity index (χ1n) is 11.0. The highest BCUT2D eigenvalue weighted by Gasteiger charge is 2.43. The molecule has 0 bridgehead atoms. The van der Waals surface area contributed by atoms with Crippen molar-refractivity contribution in [1.29, 1.82) is 0 Å². The first-order valence-corrected chi connectivity index (χ1v) is 11.0. The Morgan fingerprint density at radius 1 is 1.20 bits per heavy atom. The second-order valence-electron chi connectivity index (χ2n) is 8.51. The first kappa shape index (κ1) is 20.5. The van der Waals surface area contributed by atoms with Gasteiger partial charge in [0.25, 0.3) is 0 Å². The normalized spacial score (nSPS) is 19.8. The minimum absolute atomic E-state index is 0.0369. The van der Waals surface area contributed by atoms with Gasteiger partial charge in [0.05, 0.1) is 12.6 Å². The Labute approximate surface area is 179 Å². The number of fused-ring (bicyclic) bond motifs is 1. The summed E-state index contributed by atoms with van der Waals surface area (Å²) in [5.41, 5.74) is 2.29. The fourth-order valence-corrected chi connectivity index (χ4v) is 4.68. The van der Waals surface area contributed by atoms with Gasteiger partial charge in [-0.25, -0.2) is 9.98 Å². The molecule has 30 heavy (non-hydrogen) atoms. The fraction of sp³-hybridized carbons (Fsp3) is 0.500. The van der Waals surface area contributed by atoms with E-state index < -0.39 is 0 Å². The molecule has 2 aromatic rings. The molecule has 1 aliphatic heterocycles. The van der Waals surface area contributed by atoms with Crippen LogP contribution in [0.15, 0.2) is 47.6 Å². The third-order valence-electron chi connectivity index (χ3n) is 6.07. The van der Waals surface area contributed by atoms with Gasteiger partial charge in [0.1, 0.15) is 17.2 Å². The molecule has 160 valence electrons. The Morgan fingerprint density at radius 2 is 2.00 bits per heavy atom. The second kappa shape index (κ2) is 8.94. The van der Waals surface area contributed by atoms with Gasteiger partial charge in [-0.3, -0.25) is 0 Å². The Bertz CT molecular complexity index is 889. The van der Waals surface area contributed by atoms with Gasteiger partial charge in [0, 0.05) is 44.4 Å². The number of aromatic nitrogens is 1. The molecule has 0 amide bonds. The second-order valence-corrected chi connectivity index (χ2v) is 8.51. The van der Waals surface area contributed by atoms with Gasteiger partial charge >= 0.3 is 0 Å². The molecule has 6 nitrogen and oxygen atoms in total. The van der Waals surface area contributed by atoms with Gasteiger partial charge in [-0.15, -0.1) is 0 Å². The maximum Gasteiger partial charge on any atom is 0.192 e. The highest BCUT2D eigenvalue weighted by atomic mass is 16.5. The average Bonchev–Trinajstić information content (AvgIpc) is 3.19. The fourth-order valence-electron chi connectivity index (χ4n) is 4.68. The molecule has 1 fully saturated rings. The number of hydrogen-bond donors (Lipinski definition) is 2. The molecule has 6 heteroatoms. The minimum atomic E-state index is -0.0369. The van der Waals surface area contributed by atoms with Gasteiger partial charge < -0.3 is 20.3 Å². The quantitative estimate of drug-likeness (QED) is 0.579. The van der Waals surface area contributed by atoms with Crippen LogP contribution in [0.3, 0.4) is 0 Å². The molecule has 1 aliphatic carbocycles. The predicted molar refractivity (Wildman–Crippen MR) is 122 cm³/mol. The van der Waals surface area contributed by atoms with Crippen molar-refractivity contribution in [2.75, 3.05) is 25.5 Å². The number of nitrogens with one attached hydrogen (secondary N) is 2. The van der Waals surface area contributed by atoms with E-state index in [1.165, 1.54) is 18.4 Å². The van der Waals surface area contributed by atoms with Crippen molar-refractivity contribution in [1.82, 2.24) is 15.6 Å². The van der Waals surface area contributed by atoms with Crippen LogP contribution in [0.4, 0.5) is 5.82 Å². The summed E-state index contributed by atoms with van der Waals surface area (Å²) in [7, 11) is 4.03. The molecule has 2 aliphatic rings. The van der Waals surface area contributed by atoms with Crippen LogP contribution < -0.4 is 20.3 Å². The Kier molecular flexibility index (Phi) is 6.11. The topological polar surface area (TPSA) is 61.8 Å². The van der Waals surface area contributed by atoms with E-state index in [0.29, 0.717) is 6.54 Å². The smallest absolute Gasteiger partial charge is 0.192 e. The van der Waals surface area contributed by atoms with Crippen LogP contribution in [0, 0.1) is 0 Å². The van der Waals surface area contributed by atoms with E-state index in [1.807, 2.05) is 31.3 Å². The number of ether oxygens (including phenoxy) is 1. The summed E-state index contributed by atoms with van der Waals surface area (Å²) < 4.78 is 6.51. The summed E-state index contributed by atoms with van der Waals surface area (Å²) >= 11 is 0. The van der Waals surface area contributed by atoms with Crippen molar-refractivity contribution >= 4 is 11.8 Å². The van der Waals surface area contributed by atoms with E-state index >= 15 is 0 Å². The third kappa shape index (κ3) is 4.37. The Balaban J connectivity index is 1.57. The number of rotatable bonds is 5. The molecule has 1 unspecified atom stereocenters. The highest BCUT2D eigenvalue weighted by molar-refractivity contribution is 5.80. The van der Waals surface area contributed by atoms with Crippen LogP contribution in [-0.2, 0) is 6.54 Å². The standard InChI is InChI=1S/C24H33N5O/c1-4-25-23(27-17-18-10-9-15-26-22(18)29(2)3)28-20-16-24(13-7-8-14-24)30-21-12-6-5-11-19(20)21/h5-6,9-12,15,20H,4,7-8,13-14,16-17H2,1-3H3,(H2,25,27,28). The summed E-state index contributed by atoms with van der Waals surface area (Å²) in [6.45, 7) is 3.49. The lowest BCUT2D eigenvalue weighted by Crippen LogP contribution is -2.46. The molecule has 0 saturated heterocycles. The first-order chi connectivity index (χ1) is 14.6. The van der Waals surface area contributed by atoms with Crippen LogP contribution in [-0.4, -0.2) is 37.2 Å². The van der Waals surface area contributed by atoms with Crippen LogP contribution in [0.2, 0.25) is 0 Å². The molecule has 4 rings (SSSR count). The molecule has 1 saturated carbocycles. The molecular formula is C24H33N5O. The Morgan fingerprint density at radius 3 is 2.77 bits per heavy atom. The van der Waals surface area contributed by atoms with Crippen molar-refractivity contribution in [2.24, 2.45) is 4.99 Å². The van der Waals surface area contributed by atoms with E-state index in [0.717, 1.165) is 48.9 Å². The van der Waals surface area contributed by atoms with Crippen molar-refractivity contribution in [2.45, 2.75) is 57.2 Å². The molecule has 1 atom stereocenters. The minimum Gasteiger partial charge on any atom is -0.487 e. The lowest BCUT2D eigenvalue weighted by atomic mass is 9.86. The zero-order valence-electron chi connectivity index (χ0n) is 18.3. The number of nitrogens with zero attached hydrogens (tertiary/aromatic N) is 3.